The summed E-state index contributed by atoms with van der Waals surface area (Å²) in [4.78, 5) is 7.77. The summed E-state index contributed by atoms with van der Waals surface area (Å²) in [5, 5.41) is 3.31. The number of aliphatic imine (C=N–C) groups is 1. The van der Waals surface area contributed by atoms with Crippen molar-refractivity contribution in [1.82, 2.24) is 15.1 Å². The van der Waals surface area contributed by atoms with Gasteiger partial charge in [-0.15, -0.1) is 24.0 Å². The third-order valence-corrected chi connectivity index (χ3v) is 4.63. The minimum absolute atomic E-state index is 0. The molecule has 0 saturated carbocycles. The van der Waals surface area contributed by atoms with Gasteiger partial charge in [0.05, 0.1) is 13.2 Å². The molecule has 5 nitrogen and oxygen atoms in total. The SMILES string of the molecule is CN=C(NCCC1=CCOCC1)N1CCN(C(C)C(F)(F)F)CC1.I. The number of rotatable bonds is 4. The van der Waals surface area contributed by atoms with E-state index < -0.39 is 12.2 Å². The van der Waals surface area contributed by atoms with Gasteiger partial charge in [0.2, 0.25) is 0 Å². The molecule has 0 aromatic carbocycles. The van der Waals surface area contributed by atoms with Crippen molar-refractivity contribution in [3.8, 4) is 0 Å². The first-order valence-corrected chi connectivity index (χ1v) is 8.44. The van der Waals surface area contributed by atoms with Gasteiger partial charge in [0.25, 0.3) is 0 Å². The van der Waals surface area contributed by atoms with Crippen LogP contribution in [0.5, 0.6) is 0 Å². The fourth-order valence-corrected chi connectivity index (χ4v) is 2.99. The van der Waals surface area contributed by atoms with Crippen molar-refractivity contribution in [3.63, 3.8) is 0 Å². The van der Waals surface area contributed by atoms with E-state index >= 15 is 0 Å². The fourth-order valence-electron chi connectivity index (χ4n) is 2.99. The lowest BCUT2D eigenvalue weighted by atomic mass is 10.1. The molecule has 1 unspecified atom stereocenters. The molecule has 1 fully saturated rings. The summed E-state index contributed by atoms with van der Waals surface area (Å²) in [6.45, 7) is 5.35. The number of alkyl halides is 3. The van der Waals surface area contributed by atoms with Crippen LogP contribution in [0.2, 0.25) is 0 Å². The topological polar surface area (TPSA) is 40.1 Å². The van der Waals surface area contributed by atoms with E-state index in [0.29, 0.717) is 32.8 Å². The van der Waals surface area contributed by atoms with E-state index in [1.54, 1.807) is 7.05 Å². The summed E-state index contributed by atoms with van der Waals surface area (Å²) in [6.07, 6.45) is -0.146. The molecule has 9 heteroatoms. The Morgan fingerprint density at radius 2 is 2.00 bits per heavy atom. The lowest BCUT2D eigenvalue weighted by Crippen LogP contribution is -2.56. The van der Waals surface area contributed by atoms with Gasteiger partial charge in [0.1, 0.15) is 6.04 Å². The molecule has 2 heterocycles. The number of halogens is 4. The minimum Gasteiger partial charge on any atom is -0.377 e. The van der Waals surface area contributed by atoms with Gasteiger partial charge in [-0.05, 0) is 19.8 Å². The molecule has 146 valence electrons. The zero-order valence-electron chi connectivity index (χ0n) is 14.8. The Hall–Kier alpha value is -0.550. The highest BCUT2D eigenvalue weighted by Gasteiger charge is 2.41. The van der Waals surface area contributed by atoms with E-state index in [1.807, 2.05) is 4.90 Å². The zero-order valence-corrected chi connectivity index (χ0v) is 17.1. The van der Waals surface area contributed by atoms with E-state index in [9.17, 15) is 13.2 Å². The monoisotopic (exact) mass is 476 g/mol. The molecule has 2 aliphatic heterocycles. The van der Waals surface area contributed by atoms with Crippen LogP contribution in [0, 0.1) is 0 Å². The number of guanidine groups is 1. The third kappa shape index (κ3) is 6.93. The van der Waals surface area contributed by atoms with Crippen LogP contribution in [0.15, 0.2) is 16.6 Å². The number of hydrogen-bond donors (Lipinski definition) is 1. The number of nitrogens with one attached hydrogen (secondary N) is 1. The number of nitrogens with zero attached hydrogens (tertiary/aromatic N) is 3. The fraction of sp³-hybridized carbons (Fsp3) is 0.812. The van der Waals surface area contributed by atoms with Gasteiger partial charge in [0, 0.05) is 39.8 Å². The van der Waals surface area contributed by atoms with E-state index in [2.05, 4.69) is 16.4 Å². The Labute approximate surface area is 164 Å². The average Bonchev–Trinajstić information content (AvgIpc) is 2.58. The quantitative estimate of drug-likeness (QED) is 0.293. The predicted molar refractivity (Wildman–Crippen MR) is 104 cm³/mol. The van der Waals surface area contributed by atoms with Crippen molar-refractivity contribution < 1.29 is 17.9 Å². The van der Waals surface area contributed by atoms with E-state index in [-0.39, 0.29) is 24.0 Å². The molecule has 2 rings (SSSR count). The lowest BCUT2D eigenvalue weighted by molar-refractivity contribution is -0.181. The molecule has 2 aliphatic rings. The number of hydrogen-bond acceptors (Lipinski definition) is 3. The molecule has 0 aliphatic carbocycles. The number of piperazine rings is 1. The average molecular weight is 476 g/mol. The molecule has 1 N–H and O–H groups in total. The smallest absolute Gasteiger partial charge is 0.377 e. The summed E-state index contributed by atoms with van der Waals surface area (Å²) < 4.78 is 43.7. The molecule has 0 bridgehead atoms. The second kappa shape index (κ2) is 10.6. The van der Waals surface area contributed by atoms with Gasteiger partial charge in [0.15, 0.2) is 5.96 Å². The zero-order chi connectivity index (χ0) is 17.6. The molecule has 1 atom stereocenters. The van der Waals surface area contributed by atoms with Crippen molar-refractivity contribution in [1.29, 1.82) is 0 Å². The van der Waals surface area contributed by atoms with Crippen LogP contribution >= 0.6 is 24.0 Å². The lowest BCUT2D eigenvalue weighted by Gasteiger charge is -2.39. The second-order valence-electron chi connectivity index (χ2n) is 6.15. The Balaban J connectivity index is 0.00000312. The van der Waals surface area contributed by atoms with E-state index in [1.165, 1.54) is 17.4 Å². The van der Waals surface area contributed by atoms with Gasteiger partial charge in [-0.1, -0.05) is 11.6 Å². The largest absolute Gasteiger partial charge is 0.403 e. The van der Waals surface area contributed by atoms with Crippen molar-refractivity contribution >= 4 is 29.9 Å². The van der Waals surface area contributed by atoms with Gasteiger partial charge in [-0.2, -0.15) is 13.2 Å². The highest BCUT2D eigenvalue weighted by atomic mass is 127. The first kappa shape index (κ1) is 22.5. The summed E-state index contributed by atoms with van der Waals surface area (Å²) in [5.74, 6) is 0.766. The summed E-state index contributed by atoms with van der Waals surface area (Å²) in [7, 11) is 1.71. The van der Waals surface area contributed by atoms with Crippen LogP contribution < -0.4 is 5.32 Å². The Bertz CT molecular complexity index is 463. The summed E-state index contributed by atoms with van der Waals surface area (Å²) in [6, 6.07) is -1.39. The van der Waals surface area contributed by atoms with E-state index in [4.69, 9.17) is 4.74 Å². The van der Waals surface area contributed by atoms with Crippen LogP contribution in [0.3, 0.4) is 0 Å². The third-order valence-electron chi connectivity index (χ3n) is 4.63. The molecule has 1 saturated heterocycles. The second-order valence-corrected chi connectivity index (χ2v) is 6.15. The molecule has 0 amide bonds. The molecule has 0 spiro atoms. The van der Waals surface area contributed by atoms with Crippen molar-refractivity contribution in [3.05, 3.63) is 11.6 Å². The highest BCUT2D eigenvalue weighted by molar-refractivity contribution is 14.0. The standard InChI is InChI=1S/C16H27F3N4O.HI/c1-13(16(17,18)19)22-7-9-23(10-8-22)15(20-2)21-6-3-14-4-11-24-12-5-14;/h4,13H,3,5-12H2,1-2H3,(H,20,21);1H. The maximum atomic E-state index is 12.8. The first-order chi connectivity index (χ1) is 11.4. The Morgan fingerprint density at radius 3 is 2.52 bits per heavy atom. The normalized spacial score (nSPS) is 21.4. The Morgan fingerprint density at radius 1 is 1.32 bits per heavy atom. The van der Waals surface area contributed by atoms with Gasteiger partial charge >= 0.3 is 6.18 Å². The molecule has 25 heavy (non-hydrogen) atoms. The minimum atomic E-state index is -4.17. The Kier molecular flexibility index (Phi) is 9.50. The maximum Gasteiger partial charge on any atom is 0.403 e. The van der Waals surface area contributed by atoms with Crippen molar-refractivity contribution in [2.24, 2.45) is 4.99 Å². The molecule has 0 radical (unpaired) electrons. The van der Waals surface area contributed by atoms with Gasteiger partial charge in [-0.25, -0.2) is 0 Å². The molecular formula is C16H28F3IN4O. The predicted octanol–water partition coefficient (Wildman–Crippen LogP) is 2.49. The molecule has 0 aromatic heterocycles. The van der Waals surface area contributed by atoms with E-state index in [0.717, 1.165) is 32.0 Å². The van der Waals surface area contributed by atoms with Gasteiger partial charge < -0.3 is 15.0 Å². The van der Waals surface area contributed by atoms with Crippen molar-refractivity contribution in [2.45, 2.75) is 32.0 Å². The summed E-state index contributed by atoms with van der Waals surface area (Å²) >= 11 is 0. The van der Waals surface area contributed by atoms with Crippen LogP contribution in [0.1, 0.15) is 19.8 Å². The van der Waals surface area contributed by atoms with Crippen LogP contribution in [-0.2, 0) is 4.74 Å². The number of ether oxygens (including phenoxy) is 1. The van der Waals surface area contributed by atoms with Gasteiger partial charge in [-0.3, -0.25) is 9.89 Å². The van der Waals surface area contributed by atoms with Crippen LogP contribution in [-0.4, -0.2) is 81.0 Å². The molecule has 0 aromatic rings. The maximum absolute atomic E-state index is 12.8. The van der Waals surface area contributed by atoms with Crippen molar-refractivity contribution in [2.75, 3.05) is 53.0 Å². The van der Waals surface area contributed by atoms with Crippen LogP contribution in [0.25, 0.3) is 0 Å². The summed E-state index contributed by atoms with van der Waals surface area (Å²) in [5.41, 5.74) is 1.38. The highest BCUT2D eigenvalue weighted by Crippen LogP contribution is 2.25. The first-order valence-electron chi connectivity index (χ1n) is 8.44. The van der Waals surface area contributed by atoms with Crippen LogP contribution in [0.4, 0.5) is 13.2 Å². The molecular weight excluding hydrogens is 448 g/mol.